The summed E-state index contributed by atoms with van der Waals surface area (Å²) in [5, 5.41) is 0.310. The van der Waals surface area contributed by atoms with Gasteiger partial charge in [0.25, 0.3) is 0 Å². The molecule has 0 saturated heterocycles. The molecule has 0 unspecified atom stereocenters. The molecule has 3 aliphatic rings. The fraction of sp³-hybridized carbons (Fsp3) is 0.400. The Bertz CT molecular complexity index is 1260. The number of rotatable bonds is 4. The van der Waals surface area contributed by atoms with E-state index >= 15 is 0 Å². The molecule has 2 aromatic carbocycles. The van der Waals surface area contributed by atoms with Crippen LogP contribution in [0, 0.1) is 16.6 Å². The maximum absolute atomic E-state index is 13.4. The zero-order valence-corrected chi connectivity index (χ0v) is 21.8. The van der Waals surface area contributed by atoms with Crippen LogP contribution >= 0.6 is 11.6 Å². The number of carbonyl (C=O) groups excluding carboxylic acids is 2. The normalized spacial score (nSPS) is 21.2. The van der Waals surface area contributed by atoms with Crippen molar-refractivity contribution in [3.05, 3.63) is 87.1 Å². The molecule has 1 aliphatic heterocycles. The van der Waals surface area contributed by atoms with Crippen LogP contribution in [0.1, 0.15) is 70.4 Å². The van der Waals surface area contributed by atoms with E-state index in [1.54, 1.807) is 6.07 Å². The molecule has 5 rings (SSSR count). The van der Waals surface area contributed by atoms with Crippen molar-refractivity contribution in [1.29, 1.82) is 0 Å². The number of allylic oxidation sites excluding steroid dienone is 4. The van der Waals surface area contributed by atoms with Crippen molar-refractivity contribution >= 4 is 23.2 Å². The number of hydrogen-bond acceptors (Lipinski definition) is 4. The van der Waals surface area contributed by atoms with Crippen LogP contribution in [0.2, 0.25) is 5.02 Å². The Morgan fingerprint density at radius 1 is 0.889 bits per heavy atom. The van der Waals surface area contributed by atoms with E-state index in [1.165, 1.54) is 12.1 Å². The van der Waals surface area contributed by atoms with E-state index in [1.807, 2.05) is 24.3 Å². The monoisotopic (exact) mass is 508 g/mol. The van der Waals surface area contributed by atoms with E-state index in [4.69, 9.17) is 21.1 Å². The second-order valence-electron chi connectivity index (χ2n) is 11.7. The van der Waals surface area contributed by atoms with E-state index < -0.39 is 11.7 Å². The number of benzene rings is 2. The van der Waals surface area contributed by atoms with Gasteiger partial charge in [-0.25, -0.2) is 4.39 Å². The third kappa shape index (κ3) is 4.73. The first-order valence-electron chi connectivity index (χ1n) is 12.3. The van der Waals surface area contributed by atoms with Gasteiger partial charge in [0.15, 0.2) is 11.6 Å². The first kappa shape index (κ1) is 24.8. The van der Waals surface area contributed by atoms with Crippen LogP contribution in [0.25, 0.3) is 0 Å². The van der Waals surface area contributed by atoms with Gasteiger partial charge >= 0.3 is 0 Å². The lowest BCUT2D eigenvalue weighted by Gasteiger charge is -2.42. The zero-order chi connectivity index (χ0) is 25.8. The molecule has 1 heterocycles. The summed E-state index contributed by atoms with van der Waals surface area (Å²) in [5.74, 6) is 1.28. The number of ether oxygens (including phenoxy) is 2. The number of hydrogen-bond donors (Lipinski definition) is 0. The van der Waals surface area contributed by atoms with Gasteiger partial charge in [-0.05, 0) is 40.7 Å². The molecule has 0 bridgehead atoms. The highest BCUT2D eigenvalue weighted by Crippen LogP contribution is 2.53. The Hall–Kier alpha value is -2.92. The van der Waals surface area contributed by atoms with Crippen molar-refractivity contribution in [3.63, 3.8) is 0 Å². The van der Waals surface area contributed by atoms with E-state index in [-0.39, 0.29) is 29.0 Å². The minimum absolute atomic E-state index is 0.0433. The molecule has 0 amide bonds. The van der Waals surface area contributed by atoms with Gasteiger partial charge in [0.1, 0.15) is 29.7 Å². The summed E-state index contributed by atoms with van der Waals surface area (Å²) >= 11 is 6.11. The average molecular weight is 509 g/mol. The average Bonchev–Trinajstić information content (AvgIpc) is 2.76. The summed E-state index contributed by atoms with van der Waals surface area (Å²) in [5.41, 5.74) is 2.41. The summed E-state index contributed by atoms with van der Waals surface area (Å²) in [7, 11) is 0. The molecule has 0 atom stereocenters. The van der Waals surface area contributed by atoms with Crippen molar-refractivity contribution in [2.45, 2.75) is 65.9 Å². The lowest BCUT2D eigenvalue weighted by molar-refractivity contribution is -0.120. The fourth-order valence-electron chi connectivity index (χ4n) is 5.56. The van der Waals surface area contributed by atoms with Gasteiger partial charge in [0, 0.05) is 48.3 Å². The molecule has 188 valence electrons. The first-order valence-corrected chi connectivity index (χ1v) is 12.7. The van der Waals surface area contributed by atoms with Gasteiger partial charge in [0.2, 0.25) is 0 Å². The van der Waals surface area contributed by atoms with Crippen molar-refractivity contribution in [3.8, 4) is 5.75 Å². The molecule has 0 fully saturated rings. The lowest BCUT2D eigenvalue weighted by atomic mass is 9.65. The van der Waals surface area contributed by atoms with Gasteiger partial charge in [-0.1, -0.05) is 57.5 Å². The van der Waals surface area contributed by atoms with E-state index in [2.05, 4.69) is 27.7 Å². The molecule has 36 heavy (non-hydrogen) atoms. The second-order valence-corrected chi connectivity index (χ2v) is 12.1. The quantitative estimate of drug-likeness (QED) is 0.430. The standard InChI is InChI=1S/C30H30ClFO4/c1-29(2)12-22(33)27-24(14-29)36-25-15-30(3,4)13-23(34)28(25)26(27)17-6-9-20(10-7-17)35-16-18-5-8-19(32)11-21(18)31/h5-11,26H,12-16H2,1-4H3. The maximum atomic E-state index is 13.4. The highest BCUT2D eigenvalue weighted by atomic mass is 35.5. The van der Waals surface area contributed by atoms with Gasteiger partial charge in [-0.3, -0.25) is 9.59 Å². The van der Waals surface area contributed by atoms with E-state index in [9.17, 15) is 14.0 Å². The number of halogens is 2. The smallest absolute Gasteiger partial charge is 0.163 e. The molecule has 2 aliphatic carbocycles. The third-order valence-electron chi connectivity index (χ3n) is 7.20. The van der Waals surface area contributed by atoms with Crippen molar-refractivity contribution in [2.75, 3.05) is 0 Å². The Labute approximate surface area is 216 Å². The predicted molar refractivity (Wildman–Crippen MR) is 136 cm³/mol. The molecular formula is C30H30ClFO4. The molecule has 4 nitrogen and oxygen atoms in total. The van der Waals surface area contributed by atoms with Crippen LogP contribution < -0.4 is 4.74 Å². The molecule has 2 aromatic rings. The van der Waals surface area contributed by atoms with Crippen molar-refractivity contribution < 1.29 is 23.5 Å². The molecule has 0 spiro atoms. The third-order valence-corrected chi connectivity index (χ3v) is 7.56. The first-order chi connectivity index (χ1) is 16.9. The SMILES string of the molecule is CC1(C)CC(=O)C2=C(C1)OC1=C(C(=O)CC(C)(C)C1)C2c1ccc(OCc2ccc(F)cc2Cl)cc1. The maximum Gasteiger partial charge on any atom is 0.163 e. The van der Waals surface area contributed by atoms with E-state index in [0.29, 0.717) is 64.7 Å². The zero-order valence-electron chi connectivity index (χ0n) is 21.0. The highest BCUT2D eigenvalue weighted by Gasteiger charge is 2.47. The van der Waals surface area contributed by atoms with Crippen LogP contribution in [0.4, 0.5) is 4.39 Å². The largest absolute Gasteiger partial charge is 0.489 e. The summed E-state index contributed by atoms with van der Waals surface area (Å²) in [6.45, 7) is 8.50. The lowest BCUT2D eigenvalue weighted by Crippen LogP contribution is -2.37. The van der Waals surface area contributed by atoms with E-state index in [0.717, 1.165) is 5.56 Å². The predicted octanol–water partition coefficient (Wildman–Crippen LogP) is 7.46. The molecular weight excluding hydrogens is 479 g/mol. The number of ketones is 2. The number of carbonyl (C=O) groups is 2. The van der Waals surface area contributed by atoms with Crippen LogP contribution in [0.5, 0.6) is 5.75 Å². The minimum atomic E-state index is -0.434. The topological polar surface area (TPSA) is 52.6 Å². The van der Waals surface area contributed by atoms with Gasteiger partial charge in [0.05, 0.1) is 5.02 Å². The summed E-state index contributed by atoms with van der Waals surface area (Å²) in [6.07, 6.45) is 2.17. The Kier molecular flexibility index (Phi) is 6.11. The van der Waals surface area contributed by atoms with Crippen LogP contribution in [0.3, 0.4) is 0 Å². The van der Waals surface area contributed by atoms with Crippen LogP contribution in [-0.2, 0) is 20.9 Å². The summed E-state index contributed by atoms with van der Waals surface area (Å²) < 4.78 is 25.5. The molecule has 0 aromatic heterocycles. The van der Waals surface area contributed by atoms with Crippen LogP contribution in [-0.4, -0.2) is 11.6 Å². The summed E-state index contributed by atoms with van der Waals surface area (Å²) in [4.78, 5) is 26.8. The molecule has 0 saturated carbocycles. The Morgan fingerprint density at radius 3 is 1.97 bits per heavy atom. The highest BCUT2D eigenvalue weighted by molar-refractivity contribution is 6.31. The van der Waals surface area contributed by atoms with Crippen molar-refractivity contribution in [2.24, 2.45) is 10.8 Å². The molecule has 6 heteroatoms. The summed E-state index contributed by atoms with van der Waals surface area (Å²) in [6, 6.07) is 11.7. The number of Topliss-reactive ketones (excluding diaryl/α,β-unsaturated/α-hetero) is 2. The fourth-order valence-corrected chi connectivity index (χ4v) is 5.79. The van der Waals surface area contributed by atoms with Crippen LogP contribution in [0.15, 0.2) is 65.1 Å². The van der Waals surface area contributed by atoms with Gasteiger partial charge in [-0.15, -0.1) is 0 Å². The molecule has 0 radical (unpaired) electrons. The second kappa shape index (κ2) is 8.88. The minimum Gasteiger partial charge on any atom is -0.489 e. The van der Waals surface area contributed by atoms with Crippen molar-refractivity contribution in [1.82, 2.24) is 0 Å². The molecule has 0 N–H and O–H groups in total. The van der Waals surface area contributed by atoms with Gasteiger partial charge in [-0.2, -0.15) is 0 Å². The van der Waals surface area contributed by atoms with Gasteiger partial charge < -0.3 is 9.47 Å². The Balaban J connectivity index is 1.48. The Morgan fingerprint density at radius 2 is 1.44 bits per heavy atom.